The van der Waals surface area contributed by atoms with Gasteiger partial charge in [-0.2, -0.15) is 0 Å². The van der Waals surface area contributed by atoms with Crippen LogP contribution in [-0.4, -0.2) is 6.61 Å². The van der Waals surface area contributed by atoms with Gasteiger partial charge in [-0.1, -0.05) is 24.6 Å². The molecule has 0 aromatic heterocycles. The zero-order chi connectivity index (χ0) is 13.3. The summed E-state index contributed by atoms with van der Waals surface area (Å²) >= 11 is 0. The van der Waals surface area contributed by atoms with Crippen LogP contribution in [0.25, 0.3) is 0 Å². The molecule has 0 amide bonds. The molecule has 2 bridgehead atoms. The van der Waals surface area contributed by atoms with Crippen molar-refractivity contribution >= 4 is 0 Å². The summed E-state index contributed by atoms with van der Waals surface area (Å²) < 4.78 is 5.95. The first-order valence-electron chi connectivity index (χ1n) is 8.31. The Morgan fingerprint density at radius 3 is 3.05 bits per heavy atom. The van der Waals surface area contributed by atoms with Crippen molar-refractivity contribution in [3.63, 3.8) is 0 Å². The van der Waals surface area contributed by atoms with Crippen LogP contribution in [0.1, 0.15) is 43.2 Å². The fourth-order valence-electron chi connectivity index (χ4n) is 6.08. The fourth-order valence-corrected chi connectivity index (χ4v) is 6.08. The van der Waals surface area contributed by atoms with Crippen molar-refractivity contribution in [3.8, 4) is 5.75 Å². The predicted octanol–water partition coefficient (Wildman–Crippen LogP) is 3.23. The molecule has 3 saturated carbocycles. The van der Waals surface area contributed by atoms with Crippen molar-refractivity contribution in [1.82, 2.24) is 0 Å². The summed E-state index contributed by atoms with van der Waals surface area (Å²) in [4.78, 5) is 0. The highest BCUT2D eigenvalue weighted by Gasteiger charge is 2.60. The van der Waals surface area contributed by atoms with Gasteiger partial charge in [-0.3, -0.25) is 0 Å². The van der Waals surface area contributed by atoms with Crippen molar-refractivity contribution in [2.75, 3.05) is 6.61 Å². The molecule has 2 nitrogen and oxygen atoms in total. The molecule has 2 N–H and O–H groups in total. The molecule has 1 aliphatic heterocycles. The lowest BCUT2D eigenvalue weighted by molar-refractivity contribution is 0.153. The van der Waals surface area contributed by atoms with Crippen molar-refractivity contribution in [1.29, 1.82) is 0 Å². The van der Waals surface area contributed by atoms with E-state index in [0.717, 1.165) is 36.5 Å². The van der Waals surface area contributed by atoms with E-state index in [1.807, 2.05) is 0 Å². The summed E-state index contributed by atoms with van der Waals surface area (Å²) in [6, 6.07) is 6.64. The molecule has 0 saturated heterocycles. The van der Waals surface area contributed by atoms with Crippen molar-refractivity contribution in [2.24, 2.45) is 29.4 Å². The third kappa shape index (κ3) is 1.29. The highest BCUT2D eigenvalue weighted by Crippen LogP contribution is 2.65. The van der Waals surface area contributed by atoms with Gasteiger partial charge < -0.3 is 10.5 Å². The summed E-state index contributed by atoms with van der Waals surface area (Å²) in [5.41, 5.74) is 9.61. The van der Waals surface area contributed by atoms with Crippen LogP contribution in [0.3, 0.4) is 0 Å². The molecule has 20 heavy (non-hydrogen) atoms. The number of rotatable bonds is 1. The van der Waals surface area contributed by atoms with Gasteiger partial charge in [0.05, 0.1) is 6.61 Å². The Morgan fingerprint density at radius 1 is 1.20 bits per heavy atom. The van der Waals surface area contributed by atoms with E-state index in [1.165, 1.54) is 43.2 Å². The molecule has 5 unspecified atom stereocenters. The number of hydrogen-bond donors (Lipinski definition) is 1. The van der Waals surface area contributed by atoms with Gasteiger partial charge in [0.2, 0.25) is 0 Å². The van der Waals surface area contributed by atoms with Crippen molar-refractivity contribution < 1.29 is 4.74 Å². The minimum absolute atomic E-state index is 0.105. The molecular formula is C18H23NO. The lowest BCUT2D eigenvalue weighted by atomic mass is 9.68. The molecule has 2 heteroatoms. The van der Waals surface area contributed by atoms with Gasteiger partial charge in [-0.15, -0.1) is 0 Å². The molecule has 0 spiro atoms. The third-order valence-corrected chi connectivity index (χ3v) is 6.78. The Kier molecular flexibility index (Phi) is 2.20. The predicted molar refractivity (Wildman–Crippen MR) is 78.6 cm³/mol. The van der Waals surface area contributed by atoms with Crippen LogP contribution in [0.2, 0.25) is 0 Å². The Morgan fingerprint density at radius 2 is 2.10 bits per heavy atom. The van der Waals surface area contributed by atoms with E-state index in [0.29, 0.717) is 5.92 Å². The van der Waals surface area contributed by atoms with Gasteiger partial charge in [0, 0.05) is 17.5 Å². The summed E-state index contributed by atoms with van der Waals surface area (Å²) in [6.45, 7) is 0.836. The fraction of sp³-hybridized carbons (Fsp3) is 0.667. The lowest BCUT2D eigenvalue weighted by Crippen LogP contribution is -2.46. The smallest absolute Gasteiger partial charge is 0.127 e. The summed E-state index contributed by atoms with van der Waals surface area (Å²) in [5, 5.41) is 0. The van der Waals surface area contributed by atoms with E-state index >= 15 is 0 Å². The summed E-state index contributed by atoms with van der Waals surface area (Å²) in [6.07, 6.45) is 7.93. The maximum atomic E-state index is 7.01. The zero-order valence-corrected chi connectivity index (χ0v) is 12.0. The highest BCUT2D eigenvalue weighted by molar-refractivity contribution is 5.49. The first-order valence-corrected chi connectivity index (χ1v) is 8.31. The molecule has 3 fully saturated rings. The summed E-state index contributed by atoms with van der Waals surface area (Å²) in [7, 11) is 0. The monoisotopic (exact) mass is 269 g/mol. The van der Waals surface area contributed by atoms with Gasteiger partial charge in [-0.05, 0) is 54.9 Å². The number of nitrogens with two attached hydrogens (primary N) is 1. The molecule has 106 valence electrons. The van der Waals surface area contributed by atoms with E-state index in [9.17, 15) is 0 Å². The highest BCUT2D eigenvalue weighted by atomic mass is 16.5. The second-order valence-corrected chi connectivity index (χ2v) is 7.50. The maximum absolute atomic E-state index is 7.01. The van der Waals surface area contributed by atoms with Crippen LogP contribution in [0.5, 0.6) is 5.75 Å². The normalized spacial score (nSPS) is 44.5. The molecule has 0 radical (unpaired) electrons. The van der Waals surface area contributed by atoms with Crippen LogP contribution in [0.15, 0.2) is 18.2 Å². The van der Waals surface area contributed by atoms with E-state index in [-0.39, 0.29) is 5.54 Å². The van der Waals surface area contributed by atoms with Crippen molar-refractivity contribution in [2.45, 2.75) is 44.1 Å². The molecule has 4 aliphatic rings. The molecule has 3 aliphatic carbocycles. The minimum atomic E-state index is -0.105. The zero-order valence-electron chi connectivity index (χ0n) is 12.0. The first-order chi connectivity index (χ1) is 9.77. The van der Waals surface area contributed by atoms with Crippen LogP contribution >= 0.6 is 0 Å². The van der Waals surface area contributed by atoms with E-state index in [1.54, 1.807) is 0 Å². The first kappa shape index (κ1) is 11.6. The Balaban J connectivity index is 1.60. The van der Waals surface area contributed by atoms with Gasteiger partial charge in [0.25, 0.3) is 0 Å². The lowest BCUT2D eigenvalue weighted by Gasteiger charge is -2.41. The van der Waals surface area contributed by atoms with Gasteiger partial charge in [0.15, 0.2) is 0 Å². The minimum Gasteiger partial charge on any atom is -0.493 e. The van der Waals surface area contributed by atoms with Crippen LogP contribution in [-0.2, 0) is 12.0 Å². The number of fused-ring (bicyclic) bond motifs is 6. The maximum Gasteiger partial charge on any atom is 0.127 e. The molecule has 1 heterocycles. The Bertz CT molecular complexity index is 569. The molecule has 5 rings (SSSR count). The summed E-state index contributed by atoms with van der Waals surface area (Å²) in [5.74, 6) is 4.62. The van der Waals surface area contributed by atoms with Crippen LogP contribution < -0.4 is 10.5 Å². The van der Waals surface area contributed by atoms with E-state index < -0.39 is 0 Å². The third-order valence-electron chi connectivity index (χ3n) is 6.78. The van der Waals surface area contributed by atoms with Crippen molar-refractivity contribution in [3.05, 3.63) is 29.3 Å². The largest absolute Gasteiger partial charge is 0.493 e. The number of benzene rings is 1. The topological polar surface area (TPSA) is 35.2 Å². The Hall–Kier alpha value is -1.02. The van der Waals surface area contributed by atoms with E-state index in [2.05, 4.69) is 18.2 Å². The van der Waals surface area contributed by atoms with Crippen LogP contribution in [0.4, 0.5) is 0 Å². The van der Waals surface area contributed by atoms with Gasteiger partial charge in [0.1, 0.15) is 5.75 Å². The van der Waals surface area contributed by atoms with E-state index in [4.69, 9.17) is 10.5 Å². The quantitative estimate of drug-likeness (QED) is 0.849. The molecular weight excluding hydrogens is 246 g/mol. The van der Waals surface area contributed by atoms with Crippen LogP contribution in [0, 0.1) is 23.7 Å². The standard InChI is InChI=1S/C18H23NO/c19-18(15-6-1-3-11-7-8-20-17(11)15)10-12-9-16(18)14-5-2-4-13(12)14/h1,3,6,12-14,16H,2,4-5,7-10,19H2. The second-order valence-electron chi connectivity index (χ2n) is 7.50. The SMILES string of the molecule is NC1(c2cccc3c2OCC3)CC2CC1C1CCCC21. The average Bonchev–Trinajstić information content (AvgIpc) is 3.18. The molecule has 1 aromatic carbocycles. The average molecular weight is 269 g/mol. The molecule has 1 aromatic rings. The van der Waals surface area contributed by atoms with Gasteiger partial charge in [-0.25, -0.2) is 0 Å². The second kappa shape index (κ2) is 3.79. The number of hydrogen-bond acceptors (Lipinski definition) is 2. The number of ether oxygens (including phenoxy) is 1. The van der Waals surface area contributed by atoms with Gasteiger partial charge >= 0.3 is 0 Å². The number of para-hydroxylation sites is 1. The Labute approximate surface area is 120 Å². The molecule has 5 atom stereocenters.